The molecule has 10 heteroatoms. The van der Waals surface area contributed by atoms with Crippen molar-refractivity contribution in [2.24, 2.45) is 0 Å². The predicted molar refractivity (Wildman–Crippen MR) is 116 cm³/mol. The molecule has 0 radical (unpaired) electrons. The van der Waals surface area contributed by atoms with Gasteiger partial charge in [-0.3, -0.25) is 10.1 Å². The van der Waals surface area contributed by atoms with Crippen LogP contribution in [0.2, 0.25) is 15.1 Å². The summed E-state index contributed by atoms with van der Waals surface area (Å²) in [6.45, 7) is 0. The highest BCUT2D eigenvalue weighted by molar-refractivity contribution is 7.80. The quantitative estimate of drug-likeness (QED) is 0.423. The van der Waals surface area contributed by atoms with E-state index in [1.165, 1.54) is 24.3 Å². The zero-order valence-corrected chi connectivity index (χ0v) is 17.4. The van der Waals surface area contributed by atoms with Crippen LogP contribution >= 0.6 is 47.0 Å². The number of hydrogen-bond acceptors (Lipinski definition) is 4. The van der Waals surface area contributed by atoms with Crippen molar-refractivity contribution in [1.82, 2.24) is 5.32 Å². The lowest BCUT2D eigenvalue weighted by atomic mass is 10.2. The first kappa shape index (κ1) is 21.1. The Bertz CT molecular complexity index is 1130. The summed E-state index contributed by atoms with van der Waals surface area (Å²) in [6, 6.07) is 12.3. The standard InChI is InChI=1S/C19H11Cl3N2O4S/c20-12-5-4-9(8-11(12)18(26)27)23-19(29)24-17(25)15-7-6-14(28-15)10-2-1-3-13(21)16(10)22/h1-8H,(H,26,27)(H2,23,24,25,29). The van der Waals surface area contributed by atoms with Crippen LogP contribution in [0, 0.1) is 0 Å². The monoisotopic (exact) mass is 468 g/mol. The number of rotatable bonds is 4. The van der Waals surface area contributed by atoms with Crippen molar-refractivity contribution in [3.05, 3.63) is 74.9 Å². The molecule has 0 fully saturated rings. The largest absolute Gasteiger partial charge is 0.478 e. The van der Waals surface area contributed by atoms with Crippen molar-refractivity contribution in [3.63, 3.8) is 0 Å². The van der Waals surface area contributed by atoms with Gasteiger partial charge in [0, 0.05) is 11.3 Å². The first-order chi connectivity index (χ1) is 13.8. The molecule has 0 spiro atoms. The second-order valence-corrected chi connectivity index (χ2v) is 7.27. The molecule has 6 nitrogen and oxygen atoms in total. The van der Waals surface area contributed by atoms with Gasteiger partial charge in [-0.15, -0.1) is 0 Å². The average molecular weight is 470 g/mol. The number of carbonyl (C=O) groups is 2. The van der Waals surface area contributed by atoms with Crippen LogP contribution < -0.4 is 10.6 Å². The van der Waals surface area contributed by atoms with Crippen LogP contribution in [0.25, 0.3) is 11.3 Å². The van der Waals surface area contributed by atoms with Crippen molar-refractivity contribution in [2.45, 2.75) is 0 Å². The molecule has 0 unspecified atom stereocenters. The molecule has 148 valence electrons. The van der Waals surface area contributed by atoms with Gasteiger partial charge in [-0.25, -0.2) is 4.79 Å². The third kappa shape index (κ3) is 4.89. The highest BCUT2D eigenvalue weighted by Gasteiger charge is 2.16. The molecule has 3 rings (SSSR count). The third-order valence-corrected chi connectivity index (χ3v) is 5.08. The topological polar surface area (TPSA) is 91.6 Å². The molecule has 0 bridgehead atoms. The molecule has 2 aromatic carbocycles. The SMILES string of the molecule is O=C(NC(=S)Nc1ccc(Cl)c(C(=O)O)c1)c1ccc(-c2cccc(Cl)c2Cl)o1. The van der Waals surface area contributed by atoms with Gasteiger partial charge in [0.25, 0.3) is 5.91 Å². The molecular weight excluding hydrogens is 459 g/mol. The smallest absolute Gasteiger partial charge is 0.337 e. The number of benzene rings is 2. The maximum atomic E-state index is 12.4. The summed E-state index contributed by atoms with van der Waals surface area (Å²) in [7, 11) is 0. The Labute approximate surface area is 185 Å². The summed E-state index contributed by atoms with van der Waals surface area (Å²) in [5.41, 5.74) is 0.795. The van der Waals surface area contributed by atoms with Gasteiger partial charge in [0.15, 0.2) is 10.9 Å². The summed E-state index contributed by atoms with van der Waals surface area (Å²) >= 11 is 23.1. The van der Waals surface area contributed by atoms with Crippen LogP contribution in [0.1, 0.15) is 20.9 Å². The maximum absolute atomic E-state index is 12.4. The Kier molecular flexibility index (Phi) is 6.44. The van der Waals surface area contributed by atoms with Crippen LogP contribution in [0.5, 0.6) is 0 Å². The zero-order chi connectivity index (χ0) is 21.1. The fourth-order valence-corrected chi connectivity index (χ4v) is 3.20. The maximum Gasteiger partial charge on any atom is 0.337 e. The molecule has 1 aromatic heterocycles. The van der Waals surface area contributed by atoms with E-state index >= 15 is 0 Å². The summed E-state index contributed by atoms with van der Waals surface area (Å²) in [5, 5.41) is 15.0. The number of furan rings is 1. The van der Waals surface area contributed by atoms with E-state index in [9.17, 15) is 9.59 Å². The van der Waals surface area contributed by atoms with Crippen LogP contribution in [0.3, 0.4) is 0 Å². The van der Waals surface area contributed by atoms with Crippen molar-refractivity contribution < 1.29 is 19.1 Å². The average Bonchev–Trinajstić information content (AvgIpc) is 3.15. The molecular formula is C19H11Cl3N2O4S. The van der Waals surface area contributed by atoms with Gasteiger partial charge in [-0.2, -0.15) is 0 Å². The second-order valence-electron chi connectivity index (χ2n) is 5.67. The van der Waals surface area contributed by atoms with E-state index in [0.717, 1.165) is 0 Å². The lowest BCUT2D eigenvalue weighted by Gasteiger charge is -2.10. The minimum atomic E-state index is -1.18. The number of amides is 1. The zero-order valence-electron chi connectivity index (χ0n) is 14.3. The van der Waals surface area contributed by atoms with Gasteiger partial charge in [-0.05, 0) is 54.7 Å². The highest BCUT2D eigenvalue weighted by Crippen LogP contribution is 2.34. The number of anilines is 1. The molecule has 0 saturated carbocycles. The second kappa shape index (κ2) is 8.84. The first-order valence-corrected chi connectivity index (χ1v) is 9.50. The third-order valence-electron chi connectivity index (χ3n) is 3.73. The molecule has 0 aliphatic carbocycles. The minimum absolute atomic E-state index is 0.00234. The fourth-order valence-electron chi connectivity index (χ4n) is 2.39. The van der Waals surface area contributed by atoms with E-state index < -0.39 is 11.9 Å². The first-order valence-electron chi connectivity index (χ1n) is 7.95. The predicted octanol–water partition coefficient (Wildman–Crippen LogP) is 5.73. The van der Waals surface area contributed by atoms with Crippen LogP contribution in [-0.4, -0.2) is 22.1 Å². The van der Waals surface area contributed by atoms with E-state index in [4.69, 9.17) is 56.5 Å². The van der Waals surface area contributed by atoms with Gasteiger partial charge < -0.3 is 14.8 Å². The fraction of sp³-hybridized carbons (Fsp3) is 0. The number of thiocarbonyl (C=S) groups is 1. The Morgan fingerprint density at radius 3 is 2.48 bits per heavy atom. The molecule has 29 heavy (non-hydrogen) atoms. The van der Waals surface area contributed by atoms with Gasteiger partial charge >= 0.3 is 5.97 Å². The molecule has 1 heterocycles. The Morgan fingerprint density at radius 1 is 1.00 bits per heavy atom. The Morgan fingerprint density at radius 2 is 1.76 bits per heavy atom. The van der Waals surface area contributed by atoms with E-state index in [0.29, 0.717) is 27.1 Å². The number of carboxylic acids is 1. The van der Waals surface area contributed by atoms with Gasteiger partial charge in [0.1, 0.15) is 5.76 Å². The Hall–Kier alpha value is -2.58. The highest BCUT2D eigenvalue weighted by atomic mass is 35.5. The summed E-state index contributed by atoms with van der Waals surface area (Å²) in [5.74, 6) is -1.41. The van der Waals surface area contributed by atoms with Gasteiger partial charge in [0.05, 0.1) is 20.6 Å². The van der Waals surface area contributed by atoms with Gasteiger partial charge in [-0.1, -0.05) is 40.9 Å². The van der Waals surface area contributed by atoms with Crippen molar-refractivity contribution in [3.8, 4) is 11.3 Å². The molecule has 0 saturated heterocycles. The lowest BCUT2D eigenvalue weighted by molar-refractivity contribution is 0.0697. The molecule has 0 atom stereocenters. The number of hydrogen-bond donors (Lipinski definition) is 3. The molecule has 1 amide bonds. The summed E-state index contributed by atoms with van der Waals surface area (Å²) in [6.07, 6.45) is 0. The normalized spacial score (nSPS) is 10.4. The van der Waals surface area contributed by atoms with E-state index in [1.54, 1.807) is 24.3 Å². The minimum Gasteiger partial charge on any atom is -0.478 e. The number of nitrogens with one attached hydrogen (secondary N) is 2. The van der Waals surface area contributed by atoms with E-state index in [2.05, 4.69) is 10.6 Å². The molecule has 3 aromatic rings. The number of carbonyl (C=O) groups excluding carboxylic acids is 1. The number of halogens is 3. The van der Waals surface area contributed by atoms with Crippen molar-refractivity contribution >= 4 is 69.7 Å². The number of carboxylic acid groups (broad SMARTS) is 1. The van der Waals surface area contributed by atoms with Gasteiger partial charge in [0.2, 0.25) is 0 Å². The molecule has 0 aliphatic rings. The Balaban J connectivity index is 1.70. The van der Waals surface area contributed by atoms with E-state index in [1.807, 2.05) is 0 Å². The van der Waals surface area contributed by atoms with Crippen molar-refractivity contribution in [2.75, 3.05) is 5.32 Å². The van der Waals surface area contributed by atoms with Crippen LogP contribution in [0.4, 0.5) is 5.69 Å². The summed E-state index contributed by atoms with van der Waals surface area (Å²) in [4.78, 5) is 23.5. The van der Waals surface area contributed by atoms with Crippen LogP contribution in [0.15, 0.2) is 52.9 Å². The van der Waals surface area contributed by atoms with E-state index in [-0.39, 0.29) is 21.5 Å². The van der Waals surface area contributed by atoms with Crippen molar-refractivity contribution in [1.29, 1.82) is 0 Å². The summed E-state index contributed by atoms with van der Waals surface area (Å²) < 4.78 is 5.55. The molecule has 3 N–H and O–H groups in total. The lowest BCUT2D eigenvalue weighted by Crippen LogP contribution is -2.33. The molecule has 0 aliphatic heterocycles. The number of aromatic carboxylic acids is 1. The van der Waals surface area contributed by atoms with Crippen LogP contribution in [-0.2, 0) is 0 Å².